The predicted octanol–water partition coefficient (Wildman–Crippen LogP) is 1.30. The van der Waals surface area contributed by atoms with Gasteiger partial charge in [0.25, 0.3) is 0 Å². The summed E-state index contributed by atoms with van der Waals surface area (Å²) in [6, 6.07) is 0.605. The Morgan fingerprint density at radius 2 is 2.00 bits per heavy atom. The molecular weight excluding hydrogens is 178 g/mol. The Morgan fingerprint density at radius 3 is 2.50 bits per heavy atom. The zero-order valence-electron chi connectivity index (χ0n) is 9.55. The number of nitrogens with one attached hydrogen (secondary N) is 1. The first kappa shape index (κ1) is 12.0. The van der Waals surface area contributed by atoms with E-state index >= 15 is 0 Å². The average Bonchev–Trinajstić information content (AvgIpc) is 1.97. The van der Waals surface area contributed by atoms with Crippen molar-refractivity contribution in [1.29, 1.82) is 0 Å². The highest BCUT2D eigenvalue weighted by atomic mass is 16.5. The SMILES string of the molecule is CC(C)(C)OC1CC(NCCCO)C1. The summed E-state index contributed by atoms with van der Waals surface area (Å²) in [4.78, 5) is 0. The normalized spacial score (nSPS) is 27.4. The number of rotatable bonds is 5. The van der Waals surface area contributed by atoms with E-state index in [1.807, 2.05) is 0 Å². The van der Waals surface area contributed by atoms with E-state index in [2.05, 4.69) is 26.1 Å². The fourth-order valence-electron chi connectivity index (χ4n) is 1.71. The summed E-state index contributed by atoms with van der Waals surface area (Å²) in [6.07, 6.45) is 3.51. The summed E-state index contributed by atoms with van der Waals surface area (Å²) in [7, 11) is 0. The molecule has 0 spiro atoms. The molecule has 0 bridgehead atoms. The fraction of sp³-hybridized carbons (Fsp3) is 1.00. The second-order valence-corrected chi connectivity index (χ2v) is 5.05. The zero-order valence-corrected chi connectivity index (χ0v) is 9.55. The van der Waals surface area contributed by atoms with Gasteiger partial charge in [-0.25, -0.2) is 0 Å². The Kier molecular flexibility index (Phi) is 4.35. The molecular formula is C11H23NO2. The maximum atomic E-state index is 8.61. The summed E-state index contributed by atoms with van der Waals surface area (Å²) >= 11 is 0. The molecule has 3 heteroatoms. The molecule has 0 aromatic rings. The summed E-state index contributed by atoms with van der Waals surface area (Å²) < 4.78 is 5.82. The first-order valence-corrected chi connectivity index (χ1v) is 5.53. The molecule has 0 aromatic carbocycles. The van der Waals surface area contributed by atoms with Crippen LogP contribution in [-0.2, 0) is 4.74 Å². The third-order valence-electron chi connectivity index (χ3n) is 2.38. The van der Waals surface area contributed by atoms with Gasteiger partial charge in [-0.2, -0.15) is 0 Å². The van der Waals surface area contributed by atoms with Crippen molar-refractivity contribution in [2.24, 2.45) is 0 Å². The van der Waals surface area contributed by atoms with Gasteiger partial charge >= 0.3 is 0 Å². The maximum absolute atomic E-state index is 8.61. The van der Waals surface area contributed by atoms with Crippen LogP contribution in [0.3, 0.4) is 0 Å². The van der Waals surface area contributed by atoms with Crippen LogP contribution in [0.5, 0.6) is 0 Å². The van der Waals surface area contributed by atoms with E-state index < -0.39 is 0 Å². The van der Waals surface area contributed by atoms with Crippen molar-refractivity contribution in [1.82, 2.24) is 5.32 Å². The molecule has 0 unspecified atom stereocenters. The lowest BCUT2D eigenvalue weighted by Gasteiger charge is -2.39. The van der Waals surface area contributed by atoms with Gasteiger partial charge in [0.2, 0.25) is 0 Å². The Bertz CT molecular complexity index is 159. The molecule has 1 saturated carbocycles. The minimum absolute atomic E-state index is 0.0132. The molecule has 0 amide bonds. The van der Waals surface area contributed by atoms with Gasteiger partial charge < -0.3 is 15.2 Å². The van der Waals surface area contributed by atoms with Gasteiger partial charge in [-0.3, -0.25) is 0 Å². The van der Waals surface area contributed by atoms with E-state index in [1.54, 1.807) is 0 Å². The van der Waals surface area contributed by atoms with E-state index in [-0.39, 0.29) is 12.2 Å². The highest BCUT2D eigenvalue weighted by Crippen LogP contribution is 2.27. The quantitative estimate of drug-likeness (QED) is 0.659. The lowest BCUT2D eigenvalue weighted by molar-refractivity contribution is -0.102. The molecule has 0 heterocycles. The summed E-state index contributed by atoms with van der Waals surface area (Å²) in [6.45, 7) is 7.49. The largest absolute Gasteiger partial charge is 0.396 e. The molecule has 1 fully saturated rings. The number of aliphatic hydroxyl groups excluding tert-OH is 1. The number of aliphatic hydroxyl groups is 1. The lowest BCUT2D eigenvalue weighted by Crippen LogP contribution is -2.48. The number of hydrogen-bond donors (Lipinski definition) is 2. The van der Waals surface area contributed by atoms with Crippen molar-refractivity contribution in [3.05, 3.63) is 0 Å². The molecule has 0 aromatic heterocycles. The van der Waals surface area contributed by atoms with Crippen LogP contribution >= 0.6 is 0 Å². The third-order valence-corrected chi connectivity index (χ3v) is 2.38. The van der Waals surface area contributed by atoms with Crippen molar-refractivity contribution < 1.29 is 9.84 Å². The Labute approximate surface area is 86.8 Å². The van der Waals surface area contributed by atoms with E-state index in [9.17, 15) is 0 Å². The monoisotopic (exact) mass is 201 g/mol. The highest BCUT2D eigenvalue weighted by molar-refractivity contribution is 4.87. The van der Waals surface area contributed by atoms with Gasteiger partial charge in [0, 0.05) is 12.6 Å². The van der Waals surface area contributed by atoms with Gasteiger partial charge in [-0.05, 0) is 46.6 Å². The summed E-state index contributed by atoms with van der Waals surface area (Å²) in [5.74, 6) is 0. The van der Waals surface area contributed by atoms with Gasteiger partial charge in [-0.1, -0.05) is 0 Å². The minimum Gasteiger partial charge on any atom is -0.396 e. The van der Waals surface area contributed by atoms with Crippen LogP contribution in [0.1, 0.15) is 40.0 Å². The van der Waals surface area contributed by atoms with Crippen LogP contribution in [0.25, 0.3) is 0 Å². The van der Waals surface area contributed by atoms with Crippen molar-refractivity contribution in [3.8, 4) is 0 Å². The standard InChI is InChI=1S/C11H23NO2/c1-11(2,3)14-10-7-9(8-10)12-5-4-6-13/h9-10,12-13H,4-8H2,1-3H3. The number of hydrogen-bond acceptors (Lipinski definition) is 3. The molecule has 1 aliphatic rings. The third kappa shape index (κ3) is 4.40. The molecule has 0 aliphatic heterocycles. The molecule has 2 N–H and O–H groups in total. The molecule has 3 nitrogen and oxygen atoms in total. The molecule has 0 saturated heterocycles. The van der Waals surface area contributed by atoms with Crippen LogP contribution < -0.4 is 5.32 Å². The predicted molar refractivity (Wildman–Crippen MR) is 57.4 cm³/mol. The van der Waals surface area contributed by atoms with Crippen molar-refractivity contribution >= 4 is 0 Å². The number of ether oxygens (including phenoxy) is 1. The maximum Gasteiger partial charge on any atom is 0.0612 e. The molecule has 0 atom stereocenters. The van der Waals surface area contributed by atoms with Crippen molar-refractivity contribution in [3.63, 3.8) is 0 Å². The highest BCUT2D eigenvalue weighted by Gasteiger charge is 2.32. The van der Waals surface area contributed by atoms with Gasteiger partial charge in [-0.15, -0.1) is 0 Å². The lowest BCUT2D eigenvalue weighted by atomic mass is 9.88. The Hall–Kier alpha value is -0.120. The van der Waals surface area contributed by atoms with Crippen LogP contribution in [0.15, 0.2) is 0 Å². The summed E-state index contributed by atoms with van der Waals surface area (Å²) in [5, 5.41) is 12.0. The van der Waals surface area contributed by atoms with Crippen molar-refractivity contribution in [2.45, 2.75) is 57.8 Å². The fourth-order valence-corrected chi connectivity index (χ4v) is 1.71. The van der Waals surface area contributed by atoms with E-state index in [4.69, 9.17) is 9.84 Å². The van der Waals surface area contributed by atoms with Crippen LogP contribution in [0.2, 0.25) is 0 Å². The van der Waals surface area contributed by atoms with E-state index in [1.165, 1.54) is 0 Å². The zero-order chi connectivity index (χ0) is 10.6. The Morgan fingerprint density at radius 1 is 1.36 bits per heavy atom. The van der Waals surface area contributed by atoms with Crippen LogP contribution in [-0.4, -0.2) is 36.0 Å². The topological polar surface area (TPSA) is 41.5 Å². The summed E-state index contributed by atoms with van der Waals surface area (Å²) in [5.41, 5.74) is -0.0132. The second kappa shape index (κ2) is 5.10. The van der Waals surface area contributed by atoms with Gasteiger partial charge in [0.1, 0.15) is 0 Å². The first-order chi connectivity index (χ1) is 6.51. The molecule has 14 heavy (non-hydrogen) atoms. The molecule has 1 aliphatic carbocycles. The molecule has 1 rings (SSSR count). The molecule has 0 radical (unpaired) electrons. The smallest absolute Gasteiger partial charge is 0.0612 e. The van der Waals surface area contributed by atoms with Gasteiger partial charge in [0.15, 0.2) is 0 Å². The van der Waals surface area contributed by atoms with Crippen LogP contribution in [0, 0.1) is 0 Å². The minimum atomic E-state index is -0.0132. The second-order valence-electron chi connectivity index (χ2n) is 5.05. The van der Waals surface area contributed by atoms with Crippen LogP contribution in [0.4, 0.5) is 0 Å². The van der Waals surface area contributed by atoms with E-state index in [0.29, 0.717) is 12.1 Å². The Balaban J connectivity index is 2.00. The van der Waals surface area contributed by atoms with Crippen molar-refractivity contribution in [2.75, 3.05) is 13.2 Å². The van der Waals surface area contributed by atoms with Gasteiger partial charge in [0.05, 0.1) is 11.7 Å². The molecule has 84 valence electrons. The average molecular weight is 201 g/mol. The van der Waals surface area contributed by atoms with E-state index in [0.717, 1.165) is 25.8 Å². The first-order valence-electron chi connectivity index (χ1n) is 5.53.